The second-order valence-electron chi connectivity index (χ2n) is 7.80. The van der Waals surface area contributed by atoms with Crippen LogP contribution in [0.1, 0.15) is 20.8 Å². The molecular weight excluding hydrogens is 452 g/mol. The van der Waals surface area contributed by atoms with Gasteiger partial charge in [-0.25, -0.2) is 4.98 Å². The van der Waals surface area contributed by atoms with E-state index in [4.69, 9.17) is 4.74 Å². The Morgan fingerprint density at radius 2 is 1.82 bits per heavy atom. The lowest BCUT2D eigenvalue weighted by molar-refractivity contribution is -0.131. The third-order valence-electron chi connectivity index (χ3n) is 5.47. The van der Waals surface area contributed by atoms with Crippen LogP contribution in [0.3, 0.4) is 0 Å². The zero-order valence-corrected chi connectivity index (χ0v) is 19.9. The smallest absolute Gasteiger partial charge is 0.266 e. The number of nitrogens with zero attached hydrogens (tertiary/aromatic N) is 3. The minimum atomic E-state index is -0.352. The number of ether oxygens (including phenoxy) is 1. The number of aromatic nitrogens is 2. The normalized spacial score (nSPS) is 10.8. The number of hydrogen-bond acceptors (Lipinski definition) is 6. The van der Waals surface area contributed by atoms with Gasteiger partial charge in [-0.15, -0.1) is 11.3 Å². The van der Waals surface area contributed by atoms with E-state index >= 15 is 0 Å². The molecule has 0 aliphatic heterocycles. The molecule has 0 saturated carbocycles. The van der Waals surface area contributed by atoms with Crippen LogP contribution in [0.15, 0.2) is 65.7 Å². The molecule has 2 amide bonds. The van der Waals surface area contributed by atoms with Gasteiger partial charge in [0.15, 0.2) is 0 Å². The van der Waals surface area contributed by atoms with Gasteiger partial charge in [0.2, 0.25) is 5.91 Å². The first-order valence-corrected chi connectivity index (χ1v) is 11.4. The maximum atomic E-state index is 13.2. The first-order chi connectivity index (χ1) is 16.4. The summed E-state index contributed by atoms with van der Waals surface area (Å²) in [4.78, 5) is 45.6. The van der Waals surface area contributed by atoms with Gasteiger partial charge in [0.25, 0.3) is 11.5 Å². The molecule has 9 heteroatoms. The van der Waals surface area contributed by atoms with Crippen LogP contribution in [0.4, 0.5) is 5.69 Å². The van der Waals surface area contributed by atoms with Crippen LogP contribution in [0.5, 0.6) is 5.75 Å². The van der Waals surface area contributed by atoms with Crippen LogP contribution < -0.4 is 15.6 Å². The third-order valence-corrected chi connectivity index (χ3v) is 6.67. The van der Waals surface area contributed by atoms with E-state index in [1.165, 1.54) is 18.0 Å². The van der Waals surface area contributed by atoms with Crippen molar-refractivity contribution in [1.82, 2.24) is 14.5 Å². The van der Waals surface area contributed by atoms with Crippen LogP contribution in [-0.2, 0) is 17.9 Å². The molecule has 4 aromatic rings. The van der Waals surface area contributed by atoms with E-state index in [9.17, 15) is 14.4 Å². The molecule has 0 bridgehead atoms. The van der Waals surface area contributed by atoms with Gasteiger partial charge in [-0.2, -0.15) is 0 Å². The molecule has 0 atom stereocenters. The lowest BCUT2D eigenvalue weighted by Gasteiger charge is -2.17. The number of carbonyl (C=O) groups excluding carboxylic acids is 2. The number of hydrogen-bond donors (Lipinski definition) is 1. The van der Waals surface area contributed by atoms with Crippen molar-refractivity contribution in [3.8, 4) is 5.75 Å². The number of nitrogens with one attached hydrogen (secondary N) is 1. The predicted molar refractivity (Wildman–Crippen MR) is 132 cm³/mol. The number of anilines is 1. The summed E-state index contributed by atoms with van der Waals surface area (Å²) in [6, 6.07) is 16.7. The maximum Gasteiger partial charge on any atom is 0.266 e. The van der Waals surface area contributed by atoms with Crippen LogP contribution in [0, 0.1) is 6.92 Å². The van der Waals surface area contributed by atoms with E-state index in [0.29, 0.717) is 38.6 Å². The number of methoxy groups -OCH3 is 1. The molecule has 0 aliphatic carbocycles. The standard InChI is InChI=1S/C25H24N4O4S/c1-16-21-24(34-22(16)23(31)27-18-11-7-8-12-19(18)33-3)26-15-29(25(21)32)14-20(30)28(2)13-17-9-5-4-6-10-17/h4-12,15H,13-14H2,1-3H3,(H,27,31). The summed E-state index contributed by atoms with van der Waals surface area (Å²) < 4.78 is 6.57. The van der Waals surface area contributed by atoms with Crippen LogP contribution >= 0.6 is 11.3 Å². The topological polar surface area (TPSA) is 93.5 Å². The van der Waals surface area contributed by atoms with Gasteiger partial charge in [0, 0.05) is 13.6 Å². The Kier molecular flexibility index (Phi) is 6.74. The first kappa shape index (κ1) is 23.2. The molecule has 1 N–H and O–H groups in total. The van der Waals surface area contributed by atoms with E-state index in [2.05, 4.69) is 10.3 Å². The number of likely N-dealkylation sites (N-methyl/N-ethyl adjacent to an activating group) is 1. The molecule has 0 fully saturated rings. The zero-order chi connectivity index (χ0) is 24.2. The van der Waals surface area contributed by atoms with Gasteiger partial charge in [-0.05, 0) is 30.2 Å². The fraction of sp³-hybridized carbons (Fsp3) is 0.200. The van der Waals surface area contributed by atoms with E-state index in [-0.39, 0.29) is 23.9 Å². The Bertz CT molecular complexity index is 1410. The van der Waals surface area contributed by atoms with Crippen molar-refractivity contribution in [3.63, 3.8) is 0 Å². The Morgan fingerprint density at radius 3 is 2.56 bits per heavy atom. The fourth-order valence-electron chi connectivity index (χ4n) is 3.63. The van der Waals surface area contributed by atoms with E-state index < -0.39 is 0 Å². The average Bonchev–Trinajstić information content (AvgIpc) is 3.19. The van der Waals surface area contributed by atoms with Crippen LogP contribution in [0.25, 0.3) is 10.2 Å². The highest BCUT2D eigenvalue weighted by molar-refractivity contribution is 7.20. The number of fused-ring (bicyclic) bond motifs is 1. The molecule has 0 spiro atoms. The molecule has 2 aromatic carbocycles. The highest BCUT2D eigenvalue weighted by Crippen LogP contribution is 2.29. The molecule has 2 heterocycles. The Morgan fingerprint density at radius 1 is 1.12 bits per heavy atom. The second-order valence-corrected chi connectivity index (χ2v) is 8.80. The molecule has 34 heavy (non-hydrogen) atoms. The van der Waals surface area contributed by atoms with E-state index in [0.717, 1.165) is 16.9 Å². The molecule has 2 aromatic heterocycles. The first-order valence-electron chi connectivity index (χ1n) is 10.6. The van der Waals surface area contributed by atoms with Crippen molar-refractivity contribution in [3.05, 3.63) is 87.3 Å². The third kappa shape index (κ3) is 4.69. The summed E-state index contributed by atoms with van der Waals surface area (Å²) in [7, 11) is 3.23. The van der Waals surface area contributed by atoms with Gasteiger partial charge in [0.05, 0.1) is 29.4 Å². The van der Waals surface area contributed by atoms with E-state index in [1.54, 1.807) is 37.1 Å². The number of carbonyl (C=O) groups is 2. The predicted octanol–water partition coefficient (Wildman–Crippen LogP) is 3.69. The van der Waals surface area contributed by atoms with Crippen molar-refractivity contribution in [1.29, 1.82) is 0 Å². The van der Waals surface area contributed by atoms with Crippen molar-refractivity contribution in [2.45, 2.75) is 20.0 Å². The van der Waals surface area contributed by atoms with Crippen LogP contribution in [-0.4, -0.2) is 40.4 Å². The van der Waals surface area contributed by atoms with Crippen molar-refractivity contribution in [2.75, 3.05) is 19.5 Å². The van der Waals surface area contributed by atoms with Crippen molar-refractivity contribution >= 4 is 39.1 Å². The molecule has 0 aliphatic rings. The maximum absolute atomic E-state index is 13.2. The molecule has 0 unspecified atom stereocenters. The van der Waals surface area contributed by atoms with Gasteiger partial charge in [-0.1, -0.05) is 42.5 Å². The minimum Gasteiger partial charge on any atom is -0.495 e. The molecule has 0 radical (unpaired) electrons. The number of para-hydroxylation sites is 2. The minimum absolute atomic E-state index is 0.136. The summed E-state index contributed by atoms with van der Waals surface area (Å²) in [5.41, 5.74) is 1.71. The molecule has 8 nitrogen and oxygen atoms in total. The summed E-state index contributed by atoms with van der Waals surface area (Å²) in [5, 5.41) is 3.18. The molecule has 174 valence electrons. The summed E-state index contributed by atoms with van der Waals surface area (Å²) in [6.45, 7) is 2.02. The van der Waals surface area contributed by atoms with E-state index in [1.807, 2.05) is 36.4 Å². The lowest BCUT2D eigenvalue weighted by Crippen LogP contribution is -2.33. The fourth-order valence-corrected chi connectivity index (χ4v) is 4.66. The summed E-state index contributed by atoms with van der Waals surface area (Å²) >= 11 is 1.14. The van der Waals surface area contributed by atoms with Gasteiger partial charge in [0.1, 0.15) is 17.1 Å². The van der Waals surface area contributed by atoms with Crippen LogP contribution in [0.2, 0.25) is 0 Å². The quantitative estimate of drug-likeness (QED) is 0.439. The summed E-state index contributed by atoms with van der Waals surface area (Å²) in [5.74, 6) is -0.0306. The van der Waals surface area contributed by atoms with Crippen molar-refractivity contribution in [2.24, 2.45) is 0 Å². The molecule has 4 rings (SSSR count). The number of benzene rings is 2. The molecule has 0 saturated heterocycles. The number of thiophene rings is 1. The van der Waals surface area contributed by atoms with Gasteiger partial charge < -0.3 is 15.0 Å². The van der Waals surface area contributed by atoms with Gasteiger partial charge in [-0.3, -0.25) is 19.0 Å². The Balaban J connectivity index is 1.57. The zero-order valence-electron chi connectivity index (χ0n) is 19.1. The highest BCUT2D eigenvalue weighted by Gasteiger charge is 2.21. The second kappa shape index (κ2) is 9.88. The molecular formula is C25H24N4O4S. The average molecular weight is 477 g/mol. The highest BCUT2D eigenvalue weighted by atomic mass is 32.1. The summed E-state index contributed by atoms with van der Waals surface area (Å²) in [6.07, 6.45) is 1.36. The SMILES string of the molecule is COc1ccccc1NC(=O)c1sc2ncn(CC(=O)N(C)Cc3ccccc3)c(=O)c2c1C. The largest absolute Gasteiger partial charge is 0.495 e. The number of aryl methyl sites for hydroxylation is 1. The lowest BCUT2D eigenvalue weighted by atomic mass is 10.2. The van der Waals surface area contributed by atoms with Gasteiger partial charge >= 0.3 is 0 Å². The van der Waals surface area contributed by atoms with Crippen molar-refractivity contribution < 1.29 is 14.3 Å². The Labute approximate surface area is 200 Å². The number of rotatable bonds is 7. The monoisotopic (exact) mass is 476 g/mol. The Hall–Kier alpha value is -3.98. The number of amides is 2.